The highest BCUT2D eigenvalue weighted by Crippen LogP contribution is 2.25. The van der Waals surface area contributed by atoms with Crippen molar-refractivity contribution in [2.24, 2.45) is 0 Å². The number of carbonyl (C=O) groups is 1. The van der Waals surface area contributed by atoms with Gasteiger partial charge in [0.15, 0.2) is 0 Å². The van der Waals surface area contributed by atoms with E-state index in [9.17, 15) is 4.79 Å². The number of nitrogens with zero attached hydrogens (tertiary/aromatic N) is 4. The standard InChI is InChI=1S/C13H18N6OS/c1-9-5-11(17-16-9)10-3-2-4-19(6-10)7-12(20)15-13-18-14-8-21-13/h5,8,10H,2-4,6-7H2,1H3,(H,16,17)(H,15,18,20)/t10-/m0/s1. The number of carbonyl (C=O) groups excluding carboxylic acids is 1. The van der Waals surface area contributed by atoms with Crippen LogP contribution in [0.1, 0.15) is 30.1 Å². The van der Waals surface area contributed by atoms with Crippen LogP contribution in [-0.4, -0.2) is 50.8 Å². The number of likely N-dealkylation sites (tertiary alicyclic amines) is 1. The van der Waals surface area contributed by atoms with Crippen LogP contribution in [0.15, 0.2) is 11.6 Å². The monoisotopic (exact) mass is 306 g/mol. The summed E-state index contributed by atoms with van der Waals surface area (Å²) in [6, 6.07) is 2.09. The Bertz CT molecular complexity index is 596. The zero-order valence-electron chi connectivity index (χ0n) is 11.9. The summed E-state index contributed by atoms with van der Waals surface area (Å²) in [4.78, 5) is 14.2. The predicted molar refractivity (Wildman–Crippen MR) is 80.3 cm³/mol. The van der Waals surface area contributed by atoms with Crippen LogP contribution in [0.4, 0.5) is 5.13 Å². The summed E-state index contributed by atoms with van der Waals surface area (Å²) >= 11 is 1.33. The van der Waals surface area contributed by atoms with E-state index in [0.29, 0.717) is 17.6 Å². The van der Waals surface area contributed by atoms with Gasteiger partial charge in [-0.2, -0.15) is 5.10 Å². The first-order chi connectivity index (χ1) is 10.2. The summed E-state index contributed by atoms with van der Waals surface area (Å²) in [5, 5.41) is 18.2. The van der Waals surface area contributed by atoms with E-state index in [-0.39, 0.29) is 5.91 Å². The molecule has 1 amide bonds. The molecule has 21 heavy (non-hydrogen) atoms. The van der Waals surface area contributed by atoms with Gasteiger partial charge in [-0.15, -0.1) is 10.2 Å². The minimum atomic E-state index is -0.0365. The number of H-pyrrole nitrogens is 1. The minimum Gasteiger partial charge on any atom is -0.299 e. The van der Waals surface area contributed by atoms with Crippen molar-refractivity contribution >= 4 is 22.4 Å². The number of hydrogen-bond donors (Lipinski definition) is 2. The lowest BCUT2D eigenvalue weighted by atomic mass is 9.94. The molecule has 2 N–H and O–H groups in total. The third-order valence-electron chi connectivity index (χ3n) is 3.62. The molecular formula is C13H18N6OS. The van der Waals surface area contributed by atoms with Gasteiger partial charge in [0, 0.05) is 18.2 Å². The Morgan fingerprint density at radius 1 is 1.62 bits per heavy atom. The average molecular weight is 306 g/mol. The highest BCUT2D eigenvalue weighted by atomic mass is 32.1. The van der Waals surface area contributed by atoms with Gasteiger partial charge in [-0.05, 0) is 32.4 Å². The number of piperidine rings is 1. The normalized spacial score (nSPS) is 19.6. The highest BCUT2D eigenvalue weighted by molar-refractivity contribution is 7.13. The van der Waals surface area contributed by atoms with E-state index < -0.39 is 0 Å². The first kappa shape index (κ1) is 14.2. The summed E-state index contributed by atoms with van der Waals surface area (Å²) in [5.74, 6) is 0.364. The number of aromatic nitrogens is 4. The smallest absolute Gasteiger partial charge is 0.240 e. The summed E-state index contributed by atoms with van der Waals surface area (Å²) in [6.45, 7) is 4.21. The Morgan fingerprint density at radius 3 is 3.24 bits per heavy atom. The molecule has 1 aliphatic rings. The van der Waals surface area contributed by atoms with Crippen molar-refractivity contribution in [3.63, 3.8) is 0 Å². The molecule has 112 valence electrons. The molecular weight excluding hydrogens is 288 g/mol. The molecule has 8 heteroatoms. The molecule has 0 aliphatic carbocycles. The van der Waals surface area contributed by atoms with Crippen molar-refractivity contribution in [3.05, 3.63) is 23.0 Å². The molecule has 1 fully saturated rings. The SMILES string of the molecule is Cc1cc([C@H]2CCCN(CC(=O)Nc3nncs3)C2)n[nH]1. The lowest BCUT2D eigenvalue weighted by Crippen LogP contribution is -2.39. The van der Waals surface area contributed by atoms with Gasteiger partial charge in [-0.25, -0.2) is 0 Å². The van der Waals surface area contributed by atoms with Gasteiger partial charge in [0.2, 0.25) is 11.0 Å². The molecule has 1 saturated heterocycles. The number of amides is 1. The molecule has 1 aliphatic heterocycles. The van der Waals surface area contributed by atoms with Crippen LogP contribution in [0.2, 0.25) is 0 Å². The summed E-state index contributed by atoms with van der Waals surface area (Å²) in [6.07, 6.45) is 2.21. The molecule has 2 aromatic rings. The third kappa shape index (κ3) is 3.64. The molecule has 1 atom stereocenters. The largest absolute Gasteiger partial charge is 0.299 e. The van der Waals surface area contributed by atoms with Crippen molar-refractivity contribution in [3.8, 4) is 0 Å². The van der Waals surface area contributed by atoms with E-state index in [2.05, 4.69) is 36.7 Å². The molecule has 0 radical (unpaired) electrons. The molecule has 0 aromatic carbocycles. The lowest BCUT2D eigenvalue weighted by molar-refractivity contribution is -0.117. The predicted octanol–water partition coefficient (Wildman–Crippen LogP) is 1.39. The Hall–Kier alpha value is -1.80. The molecule has 7 nitrogen and oxygen atoms in total. The Kier molecular flexibility index (Phi) is 4.26. The molecule has 0 bridgehead atoms. The quantitative estimate of drug-likeness (QED) is 0.891. The fourth-order valence-electron chi connectivity index (χ4n) is 2.68. The highest BCUT2D eigenvalue weighted by Gasteiger charge is 2.24. The van der Waals surface area contributed by atoms with Gasteiger partial charge < -0.3 is 0 Å². The first-order valence-electron chi connectivity index (χ1n) is 7.01. The topological polar surface area (TPSA) is 86.8 Å². The maximum atomic E-state index is 12.0. The van der Waals surface area contributed by atoms with Gasteiger partial charge in [0.1, 0.15) is 5.51 Å². The fraction of sp³-hybridized carbons (Fsp3) is 0.538. The van der Waals surface area contributed by atoms with Crippen molar-refractivity contribution in [2.45, 2.75) is 25.7 Å². The molecule has 0 unspecified atom stereocenters. The number of anilines is 1. The zero-order valence-corrected chi connectivity index (χ0v) is 12.7. The Balaban J connectivity index is 1.55. The van der Waals surface area contributed by atoms with Gasteiger partial charge in [0.25, 0.3) is 0 Å². The second kappa shape index (κ2) is 6.31. The molecule has 0 spiro atoms. The van der Waals surface area contributed by atoms with Crippen LogP contribution in [0.25, 0.3) is 0 Å². The number of rotatable bonds is 4. The number of aryl methyl sites for hydroxylation is 1. The zero-order chi connectivity index (χ0) is 14.7. The van der Waals surface area contributed by atoms with Crippen molar-refractivity contribution in [1.82, 2.24) is 25.3 Å². The minimum absolute atomic E-state index is 0.0365. The van der Waals surface area contributed by atoms with Crippen LogP contribution in [0.3, 0.4) is 0 Å². The van der Waals surface area contributed by atoms with Crippen LogP contribution >= 0.6 is 11.3 Å². The lowest BCUT2D eigenvalue weighted by Gasteiger charge is -2.31. The van der Waals surface area contributed by atoms with Crippen LogP contribution in [0, 0.1) is 6.92 Å². The van der Waals surface area contributed by atoms with Crippen molar-refractivity contribution in [2.75, 3.05) is 25.0 Å². The van der Waals surface area contributed by atoms with Gasteiger partial charge in [-0.3, -0.25) is 20.1 Å². The van der Waals surface area contributed by atoms with Crippen LogP contribution in [0.5, 0.6) is 0 Å². The van der Waals surface area contributed by atoms with Gasteiger partial charge >= 0.3 is 0 Å². The second-order valence-electron chi connectivity index (χ2n) is 5.34. The number of aromatic amines is 1. The summed E-state index contributed by atoms with van der Waals surface area (Å²) in [5.41, 5.74) is 3.78. The van der Waals surface area contributed by atoms with Gasteiger partial charge in [0.05, 0.1) is 12.2 Å². The van der Waals surface area contributed by atoms with E-state index in [1.54, 1.807) is 5.51 Å². The third-order valence-corrected chi connectivity index (χ3v) is 4.23. The number of nitrogens with one attached hydrogen (secondary N) is 2. The maximum Gasteiger partial charge on any atom is 0.240 e. The van der Waals surface area contributed by atoms with Crippen molar-refractivity contribution < 1.29 is 4.79 Å². The summed E-state index contributed by atoms with van der Waals surface area (Å²) < 4.78 is 0. The summed E-state index contributed by atoms with van der Waals surface area (Å²) in [7, 11) is 0. The van der Waals surface area contributed by atoms with E-state index in [0.717, 1.165) is 37.3 Å². The van der Waals surface area contributed by atoms with E-state index in [1.165, 1.54) is 11.3 Å². The van der Waals surface area contributed by atoms with E-state index >= 15 is 0 Å². The fourth-order valence-corrected chi connectivity index (χ4v) is 3.14. The molecule has 0 saturated carbocycles. The van der Waals surface area contributed by atoms with E-state index in [4.69, 9.17) is 0 Å². The average Bonchev–Trinajstić information content (AvgIpc) is 3.10. The second-order valence-corrected chi connectivity index (χ2v) is 6.18. The molecule has 2 aromatic heterocycles. The van der Waals surface area contributed by atoms with Crippen LogP contribution < -0.4 is 5.32 Å². The first-order valence-corrected chi connectivity index (χ1v) is 7.89. The van der Waals surface area contributed by atoms with Crippen LogP contribution in [-0.2, 0) is 4.79 Å². The van der Waals surface area contributed by atoms with Gasteiger partial charge in [-0.1, -0.05) is 11.3 Å². The number of hydrogen-bond acceptors (Lipinski definition) is 6. The Morgan fingerprint density at radius 2 is 2.52 bits per heavy atom. The Labute approximate surface area is 126 Å². The molecule has 3 heterocycles. The maximum absolute atomic E-state index is 12.0. The molecule has 3 rings (SSSR count). The van der Waals surface area contributed by atoms with Crippen molar-refractivity contribution in [1.29, 1.82) is 0 Å². The van der Waals surface area contributed by atoms with E-state index in [1.807, 2.05) is 6.92 Å².